The van der Waals surface area contributed by atoms with Crippen LogP contribution in [0.5, 0.6) is 0 Å². The van der Waals surface area contributed by atoms with Crippen LogP contribution in [-0.4, -0.2) is 184 Å². The first-order chi connectivity index (χ1) is 27.6. The second-order valence-corrected chi connectivity index (χ2v) is 15.8. The lowest BCUT2D eigenvalue weighted by atomic mass is 9.73. The third kappa shape index (κ3) is 23.1. The molecule has 21 heteroatoms. The normalized spacial score (nSPS) is 18.1. The topological polar surface area (TPSA) is 255 Å². The minimum Gasteiger partial charge on any atom is -0.462 e. The van der Waals surface area contributed by atoms with E-state index in [-0.39, 0.29) is 118 Å². The zero-order chi connectivity index (χ0) is 42.3. The second kappa shape index (κ2) is 33.5. The average molecular weight is 874 g/mol. The number of rotatable bonds is 33. The van der Waals surface area contributed by atoms with Gasteiger partial charge in [0.1, 0.15) is 37.9 Å². The van der Waals surface area contributed by atoms with Gasteiger partial charge in [-0.2, -0.15) is 35.3 Å². The van der Waals surface area contributed by atoms with Crippen LogP contribution in [-0.2, 0) is 57.2 Å². The summed E-state index contributed by atoms with van der Waals surface area (Å²) in [6, 6.07) is -3.07. The fourth-order valence-electron chi connectivity index (χ4n) is 5.69. The number of aliphatic hydroxyl groups excluding tert-OH is 3. The van der Waals surface area contributed by atoms with Gasteiger partial charge in [0, 0.05) is 17.8 Å². The number of hydrogen-bond donors (Lipinski definition) is 6. The SMILES string of the molecule is CSCC[C@H](NC(=O)C1CC(C(=O)N[C@@H](CCSC)C(=O)OCCOCCO)CC(C(=O)N[C@@H](CCSC)C(=O)OCCOCCO)C1)C(=O)OCCOCCO. The summed E-state index contributed by atoms with van der Waals surface area (Å²) in [5.41, 5.74) is 0. The fourth-order valence-corrected chi connectivity index (χ4v) is 7.10. The molecule has 0 heterocycles. The minimum absolute atomic E-state index is 0.00578. The van der Waals surface area contributed by atoms with Gasteiger partial charge in [0.15, 0.2) is 0 Å². The fraction of sp³-hybridized carbons (Fsp3) is 0.833. The summed E-state index contributed by atoms with van der Waals surface area (Å²) in [6.07, 6.45) is 6.31. The van der Waals surface area contributed by atoms with Crippen molar-refractivity contribution in [3.8, 4) is 0 Å². The summed E-state index contributed by atoms with van der Waals surface area (Å²) in [4.78, 5) is 80.8. The molecule has 1 rings (SSSR count). The van der Waals surface area contributed by atoms with Crippen molar-refractivity contribution in [2.75, 3.05) is 115 Å². The maximum atomic E-state index is 13.9. The summed E-state index contributed by atoms with van der Waals surface area (Å²) in [5.74, 6) is -4.92. The van der Waals surface area contributed by atoms with Gasteiger partial charge in [-0.3, -0.25) is 14.4 Å². The molecule has 1 aliphatic rings. The molecule has 3 atom stereocenters. The van der Waals surface area contributed by atoms with Crippen molar-refractivity contribution in [3.05, 3.63) is 0 Å². The lowest BCUT2D eigenvalue weighted by Crippen LogP contribution is -2.52. The lowest BCUT2D eigenvalue weighted by Gasteiger charge is -2.34. The number of nitrogens with one attached hydrogen (secondary N) is 3. The first-order valence-electron chi connectivity index (χ1n) is 19.0. The van der Waals surface area contributed by atoms with E-state index in [2.05, 4.69) is 16.0 Å². The van der Waals surface area contributed by atoms with E-state index in [9.17, 15) is 28.8 Å². The Morgan fingerprint density at radius 2 is 0.737 bits per heavy atom. The molecule has 0 aliphatic heterocycles. The maximum absolute atomic E-state index is 13.9. The zero-order valence-corrected chi connectivity index (χ0v) is 35.7. The van der Waals surface area contributed by atoms with Crippen LogP contribution in [0.4, 0.5) is 0 Å². The average Bonchev–Trinajstić information content (AvgIpc) is 3.21. The summed E-state index contributed by atoms with van der Waals surface area (Å²) in [7, 11) is 0. The molecule has 0 saturated heterocycles. The van der Waals surface area contributed by atoms with Gasteiger partial charge in [0.2, 0.25) is 17.7 Å². The number of hydrogen-bond acceptors (Lipinski definition) is 18. The molecular weight excluding hydrogens is 811 g/mol. The highest BCUT2D eigenvalue weighted by atomic mass is 32.2. The number of aliphatic hydroxyl groups is 3. The van der Waals surface area contributed by atoms with Crippen molar-refractivity contribution in [2.45, 2.75) is 56.7 Å². The molecule has 3 amide bonds. The van der Waals surface area contributed by atoms with Gasteiger partial charge in [0.25, 0.3) is 0 Å². The van der Waals surface area contributed by atoms with E-state index in [0.717, 1.165) is 0 Å². The number of ether oxygens (including phenoxy) is 6. The first-order valence-corrected chi connectivity index (χ1v) is 23.2. The summed E-state index contributed by atoms with van der Waals surface area (Å²) in [6.45, 7) is -0.444. The van der Waals surface area contributed by atoms with Gasteiger partial charge < -0.3 is 59.7 Å². The predicted octanol–water partition coefficient (Wildman–Crippen LogP) is -0.611. The van der Waals surface area contributed by atoms with E-state index in [1.54, 1.807) is 0 Å². The van der Waals surface area contributed by atoms with Crippen LogP contribution in [0.1, 0.15) is 38.5 Å². The Morgan fingerprint density at radius 3 is 0.965 bits per heavy atom. The van der Waals surface area contributed by atoms with Gasteiger partial charge in [-0.1, -0.05) is 0 Å². The monoisotopic (exact) mass is 873 g/mol. The van der Waals surface area contributed by atoms with E-state index in [1.165, 1.54) is 35.3 Å². The molecule has 0 aromatic carbocycles. The quantitative estimate of drug-likeness (QED) is 0.0273. The third-order valence-corrected chi connectivity index (χ3v) is 10.5. The number of esters is 3. The molecule has 0 aromatic rings. The molecule has 0 unspecified atom stereocenters. The van der Waals surface area contributed by atoms with Gasteiger partial charge >= 0.3 is 17.9 Å². The first kappa shape index (κ1) is 52.6. The van der Waals surface area contributed by atoms with E-state index < -0.39 is 71.5 Å². The Bertz CT molecular complexity index is 1030. The Labute approximate surface area is 348 Å². The summed E-state index contributed by atoms with van der Waals surface area (Å²) < 4.78 is 31.4. The van der Waals surface area contributed by atoms with E-state index in [0.29, 0.717) is 17.3 Å². The van der Waals surface area contributed by atoms with Gasteiger partial charge in [-0.15, -0.1) is 0 Å². The van der Waals surface area contributed by atoms with E-state index in [1.807, 2.05) is 18.8 Å². The van der Waals surface area contributed by atoms with E-state index in [4.69, 9.17) is 43.7 Å². The molecule has 18 nitrogen and oxygen atoms in total. The van der Waals surface area contributed by atoms with Crippen LogP contribution in [0, 0.1) is 17.8 Å². The van der Waals surface area contributed by atoms with Crippen LogP contribution < -0.4 is 16.0 Å². The number of amides is 3. The second-order valence-electron chi connectivity index (χ2n) is 12.8. The molecule has 1 saturated carbocycles. The standard InChI is InChI=1S/C36H63N3O15S3/c1-55-19-4-28(34(46)52-16-13-49-10-7-40)37-31(43)25-22-26(32(44)38-29(5-20-56-2)35(47)53-17-14-50-11-8-41)24-27(23-25)33(45)39-30(6-21-57-3)36(48)54-18-15-51-12-9-42/h25-30,40-42H,4-24H2,1-3H3,(H,37,43)(H,38,44)(H,39,45)/t25?,26?,27?,28-,29-,30-/m0/s1. The largest absolute Gasteiger partial charge is 0.462 e. The third-order valence-electron chi connectivity index (χ3n) is 8.58. The Kier molecular flexibility index (Phi) is 30.9. The lowest BCUT2D eigenvalue weighted by molar-refractivity contribution is -0.151. The minimum atomic E-state index is -1.02. The molecule has 0 radical (unpaired) electrons. The summed E-state index contributed by atoms with van der Waals surface area (Å²) in [5, 5.41) is 35.0. The number of carbonyl (C=O) groups is 6. The Balaban J connectivity index is 3.29. The number of thioether (sulfide) groups is 3. The molecule has 0 spiro atoms. The van der Waals surface area contributed by atoms with Gasteiger partial charge in [-0.25, -0.2) is 14.4 Å². The van der Waals surface area contributed by atoms with Crippen molar-refractivity contribution >= 4 is 70.9 Å². The van der Waals surface area contributed by atoms with Crippen molar-refractivity contribution in [1.82, 2.24) is 16.0 Å². The van der Waals surface area contributed by atoms with Crippen molar-refractivity contribution < 1.29 is 72.5 Å². The van der Waals surface area contributed by atoms with Gasteiger partial charge in [0.05, 0.1) is 59.5 Å². The zero-order valence-electron chi connectivity index (χ0n) is 33.3. The Hall–Kier alpha value is -2.37. The maximum Gasteiger partial charge on any atom is 0.328 e. The molecule has 1 aliphatic carbocycles. The van der Waals surface area contributed by atoms with Crippen LogP contribution in [0.3, 0.4) is 0 Å². The highest BCUT2D eigenvalue weighted by Crippen LogP contribution is 2.35. The van der Waals surface area contributed by atoms with Crippen LogP contribution in [0.25, 0.3) is 0 Å². The molecular formula is C36H63N3O15S3. The molecule has 0 aromatic heterocycles. The Morgan fingerprint density at radius 1 is 0.474 bits per heavy atom. The van der Waals surface area contributed by atoms with Crippen LogP contribution in [0.15, 0.2) is 0 Å². The molecule has 330 valence electrons. The smallest absolute Gasteiger partial charge is 0.328 e. The number of carbonyl (C=O) groups excluding carboxylic acids is 6. The van der Waals surface area contributed by atoms with Crippen LogP contribution >= 0.6 is 35.3 Å². The molecule has 0 bridgehead atoms. The molecule has 57 heavy (non-hydrogen) atoms. The highest BCUT2D eigenvalue weighted by molar-refractivity contribution is 7.98. The predicted molar refractivity (Wildman–Crippen MR) is 216 cm³/mol. The van der Waals surface area contributed by atoms with Crippen molar-refractivity contribution in [3.63, 3.8) is 0 Å². The van der Waals surface area contributed by atoms with Crippen molar-refractivity contribution in [2.24, 2.45) is 17.8 Å². The van der Waals surface area contributed by atoms with Crippen LogP contribution in [0.2, 0.25) is 0 Å². The molecule has 6 N–H and O–H groups in total. The van der Waals surface area contributed by atoms with Gasteiger partial charge in [-0.05, 0) is 74.6 Å². The summed E-state index contributed by atoms with van der Waals surface area (Å²) >= 11 is 4.40. The van der Waals surface area contributed by atoms with Crippen molar-refractivity contribution in [1.29, 1.82) is 0 Å². The molecule has 1 fully saturated rings. The highest BCUT2D eigenvalue weighted by Gasteiger charge is 2.41. The van der Waals surface area contributed by atoms with E-state index >= 15 is 0 Å².